The van der Waals surface area contributed by atoms with Gasteiger partial charge in [0.25, 0.3) is 0 Å². The molecule has 1 heterocycles. The predicted molar refractivity (Wildman–Crippen MR) is 94.2 cm³/mol. The van der Waals surface area contributed by atoms with E-state index in [4.69, 9.17) is 9.47 Å². The van der Waals surface area contributed by atoms with Gasteiger partial charge in [-0.15, -0.1) is 0 Å². The first-order valence-corrected chi connectivity index (χ1v) is 8.44. The fourth-order valence-electron chi connectivity index (χ4n) is 2.86. The van der Waals surface area contributed by atoms with E-state index in [1.54, 1.807) is 0 Å². The second kappa shape index (κ2) is 9.15. The number of rotatable bonds is 6. The lowest BCUT2D eigenvalue weighted by atomic mass is 9.99. The molecule has 1 saturated heterocycles. The maximum atomic E-state index is 11.8. The first kappa shape index (κ1) is 18.1. The molecule has 2 unspecified atom stereocenters. The van der Waals surface area contributed by atoms with E-state index in [1.165, 1.54) is 7.11 Å². The van der Waals surface area contributed by atoms with Gasteiger partial charge >= 0.3 is 5.97 Å². The van der Waals surface area contributed by atoms with Crippen LogP contribution in [0.25, 0.3) is 0 Å². The molecule has 0 amide bonds. The highest BCUT2D eigenvalue weighted by molar-refractivity contribution is 5.82. The van der Waals surface area contributed by atoms with E-state index < -0.39 is 0 Å². The molecule has 1 aromatic carbocycles. The van der Waals surface area contributed by atoms with Gasteiger partial charge in [0.05, 0.1) is 19.6 Å². The lowest BCUT2D eigenvalue weighted by Crippen LogP contribution is -2.41. The Morgan fingerprint density at radius 3 is 2.75 bits per heavy atom. The number of aliphatic imine (C=N–C) groups is 1. The zero-order chi connectivity index (χ0) is 17.4. The van der Waals surface area contributed by atoms with Crippen LogP contribution in [0.2, 0.25) is 0 Å². The third kappa shape index (κ3) is 4.88. The van der Waals surface area contributed by atoms with Gasteiger partial charge in [-0.2, -0.15) is 0 Å². The summed E-state index contributed by atoms with van der Waals surface area (Å²) in [5.41, 5.74) is 0. The van der Waals surface area contributed by atoms with Crippen molar-refractivity contribution >= 4 is 11.9 Å². The smallest absolute Gasteiger partial charge is 0.310 e. The van der Waals surface area contributed by atoms with E-state index in [1.807, 2.05) is 37.3 Å². The summed E-state index contributed by atoms with van der Waals surface area (Å²) in [4.78, 5) is 18.6. The molecule has 0 radical (unpaired) electrons. The van der Waals surface area contributed by atoms with Gasteiger partial charge in [-0.05, 0) is 25.0 Å². The number of methoxy groups -OCH3 is 1. The molecule has 24 heavy (non-hydrogen) atoms. The number of carbonyl (C=O) groups excluding carboxylic acids is 1. The SMILES string of the molecule is CCNC(=NCCOc1ccccc1)N1CC(C)C(C(=O)OC)C1. The summed E-state index contributed by atoms with van der Waals surface area (Å²) in [5.74, 6) is 1.68. The van der Waals surface area contributed by atoms with E-state index in [0.29, 0.717) is 19.7 Å². The van der Waals surface area contributed by atoms with Crippen LogP contribution in [0.5, 0.6) is 5.75 Å². The first-order chi connectivity index (χ1) is 11.7. The van der Waals surface area contributed by atoms with Gasteiger partial charge in [0.1, 0.15) is 12.4 Å². The van der Waals surface area contributed by atoms with Crippen LogP contribution in [-0.4, -0.2) is 56.7 Å². The van der Waals surface area contributed by atoms with Crippen molar-refractivity contribution in [1.82, 2.24) is 10.2 Å². The largest absolute Gasteiger partial charge is 0.492 e. The van der Waals surface area contributed by atoms with Gasteiger partial charge < -0.3 is 19.7 Å². The molecule has 0 aliphatic carbocycles. The molecule has 0 aromatic heterocycles. The summed E-state index contributed by atoms with van der Waals surface area (Å²) in [6, 6.07) is 9.71. The molecule has 1 aliphatic heterocycles. The van der Waals surface area contributed by atoms with Crippen molar-refractivity contribution in [2.75, 3.05) is 39.9 Å². The van der Waals surface area contributed by atoms with Gasteiger partial charge in [0, 0.05) is 19.6 Å². The molecule has 0 saturated carbocycles. The Kier molecular flexibility index (Phi) is 6.90. The van der Waals surface area contributed by atoms with Gasteiger partial charge in [0.15, 0.2) is 5.96 Å². The number of hydrogen-bond donors (Lipinski definition) is 1. The number of hydrogen-bond acceptors (Lipinski definition) is 4. The molecule has 1 aliphatic rings. The Hall–Kier alpha value is -2.24. The minimum atomic E-state index is -0.145. The van der Waals surface area contributed by atoms with Gasteiger partial charge in [0.2, 0.25) is 0 Å². The topological polar surface area (TPSA) is 63.2 Å². The molecule has 2 rings (SSSR count). The highest BCUT2D eigenvalue weighted by atomic mass is 16.5. The number of esters is 1. The molecular weight excluding hydrogens is 306 g/mol. The van der Waals surface area contributed by atoms with Crippen LogP contribution in [0.4, 0.5) is 0 Å². The third-order valence-electron chi connectivity index (χ3n) is 4.12. The van der Waals surface area contributed by atoms with Crippen LogP contribution in [0, 0.1) is 11.8 Å². The molecule has 132 valence electrons. The zero-order valence-corrected chi connectivity index (χ0v) is 14.7. The quantitative estimate of drug-likeness (QED) is 0.372. The maximum Gasteiger partial charge on any atom is 0.310 e. The Labute approximate surface area is 143 Å². The molecule has 1 N–H and O–H groups in total. The highest BCUT2D eigenvalue weighted by Gasteiger charge is 2.36. The van der Waals surface area contributed by atoms with E-state index in [9.17, 15) is 4.79 Å². The average Bonchev–Trinajstić information content (AvgIpc) is 2.99. The standard InChI is InChI=1S/C18H27N3O3/c1-4-19-18(20-10-11-24-15-8-6-5-7-9-15)21-12-14(2)16(13-21)17(22)23-3/h5-9,14,16H,4,10-13H2,1-3H3,(H,19,20). The van der Waals surface area contributed by atoms with Crippen molar-refractivity contribution in [3.8, 4) is 5.75 Å². The monoisotopic (exact) mass is 333 g/mol. The summed E-state index contributed by atoms with van der Waals surface area (Å²) in [6.07, 6.45) is 0. The minimum absolute atomic E-state index is 0.0978. The van der Waals surface area contributed by atoms with Crippen molar-refractivity contribution in [2.45, 2.75) is 13.8 Å². The molecule has 1 aromatic rings. The fourth-order valence-corrected chi connectivity index (χ4v) is 2.86. The lowest BCUT2D eigenvalue weighted by molar-refractivity contribution is -0.145. The molecule has 1 fully saturated rings. The predicted octanol–water partition coefficient (Wildman–Crippen LogP) is 1.77. The minimum Gasteiger partial charge on any atom is -0.492 e. The molecule has 0 spiro atoms. The number of guanidine groups is 1. The molecular formula is C18H27N3O3. The number of benzene rings is 1. The van der Waals surface area contributed by atoms with E-state index in [2.05, 4.69) is 22.1 Å². The Bertz CT molecular complexity index is 548. The Morgan fingerprint density at radius 2 is 2.08 bits per heavy atom. The number of para-hydroxylation sites is 1. The summed E-state index contributed by atoms with van der Waals surface area (Å²) < 4.78 is 10.6. The van der Waals surface area contributed by atoms with E-state index >= 15 is 0 Å². The van der Waals surface area contributed by atoms with E-state index in [-0.39, 0.29) is 17.8 Å². The van der Waals surface area contributed by atoms with Crippen molar-refractivity contribution in [1.29, 1.82) is 0 Å². The van der Waals surface area contributed by atoms with Crippen LogP contribution in [0.3, 0.4) is 0 Å². The zero-order valence-electron chi connectivity index (χ0n) is 14.7. The number of carbonyl (C=O) groups is 1. The highest BCUT2D eigenvalue weighted by Crippen LogP contribution is 2.24. The van der Waals surface area contributed by atoms with Crippen LogP contribution >= 0.6 is 0 Å². The van der Waals surface area contributed by atoms with Crippen LogP contribution in [-0.2, 0) is 9.53 Å². The van der Waals surface area contributed by atoms with E-state index in [0.717, 1.165) is 24.8 Å². The van der Waals surface area contributed by atoms with Crippen molar-refractivity contribution in [3.05, 3.63) is 30.3 Å². The normalized spacial score (nSPS) is 20.8. The first-order valence-electron chi connectivity index (χ1n) is 8.44. The Balaban J connectivity index is 1.90. The van der Waals surface area contributed by atoms with Gasteiger partial charge in [-0.25, -0.2) is 4.99 Å². The second-order valence-corrected chi connectivity index (χ2v) is 5.91. The molecule has 2 atom stereocenters. The van der Waals surface area contributed by atoms with Gasteiger partial charge in [-0.3, -0.25) is 4.79 Å². The molecule has 0 bridgehead atoms. The average molecular weight is 333 g/mol. The second-order valence-electron chi connectivity index (χ2n) is 5.91. The number of nitrogens with zero attached hydrogens (tertiary/aromatic N) is 2. The Morgan fingerprint density at radius 1 is 1.33 bits per heavy atom. The van der Waals surface area contributed by atoms with Crippen molar-refractivity contribution < 1.29 is 14.3 Å². The summed E-state index contributed by atoms with van der Waals surface area (Å²) in [7, 11) is 1.44. The molecule has 6 nitrogen and oxygen atoms in total. The third-order valence-corrected chi connectivity index (χ3v) is 4.12. The number of nitrogens with one attached hydrogen (secondary N) is 1. The fraction of sp³-hybridized carbons (Fsp3) is 0.556. The number of likely N-dealkylation sites (tertiary alicyclic amines) is 1. The van der Waals surface area contributed by atoms with Crippen molar-refractivity contribution in [3.63, 3.8) is 0 Å². The summed E-state index contributed by atoms with van der Waals surface area (Å²) in [6.45, 7) is 7.40. The number of ether oxygens (including phenoxy) is 2. The van der Waals surface area contributed by atoms with Gasteiger partial charge in [-0.1, -0.05) is 25.1 Å². The van der Waals surface area contributed by atoms with Crippen LogP contribution in [0.1, 0.15) is 13.8 Å². The lowest BCUT2D eigenvalue weighted by Gasteiger charge is -2.21. The van der Waals surface area contributed by atoms with Crippen LogP contribution < -0.4 is 10.1 Å². The van der Waals surface area contributed by atoms with Crippen LogP contribution in [0.15, 0.2) is 35.3 Å². The summed E-state index contributed by atoms with van der Waals surface area (Å²) in [5, 5.41) is 3.29. The molecule has 6 heteroatoms. The van der Waals surface area contributed by atoms with Crippen molar-refractivity contribution in [2.24, 2.45) is 16.8 Å². The maximum absolute atomic E-state index is 11.8. The summed E-state index contributed by atoms with van der Waals surface area (Å²) >= 11 is 0.